The normalized spacial score (nSPS) is 12.5. The lowest BCUT2D eigenvalue weighted by Gasteiger charge is -2.04. The molecule has 0 aliphatic carbocycles. The smallest absolute Gasteiger partial charge is 0.337 e. The first-order chi connectivity index (χ1) is 10.0. The molecule has 6 heteroatoms. The monoisotopic (exact) mass is 303 g/mol. The van der Waals surface area contributed by atoms with Gasteiger partial charge in [0.1, 0.15) is 5.52 Å². The van der Waals surface area contributed by atoms with Gasteiger partial charge in [0, 0.05) is 10.6 Å². The van der Waals surface area contributed by atoms with Gasteiger partial charge < -0.3 is 14.6 Å². The lowest BCUT2D eigenvalue weighted by atomic mass is 10.1. The van der Waals surface area contributed by atoms with E-state index in [1.54, 1.807) is 30.3 Å². The highest BCUT2D eigenvalue weighted by atomic mass is 35.5. The van der Waals surface area contributed by atoms with Gasteiger partial charge >= 0.3 is 5.97 Å². The van der Waals surface area contributed by atoms with Crippen LogP contribution in [-0.4, -0.2) is 21.2 Å². The molecule has 1 unspecified atom stereocenters. The molecule has 21 heavy (non-hydrogen) atoms. The third-order valence-electron chi connectivity index (χ3n) is 3.05. The summed E-state index contributed by atoms with van der Waals surface area (Å²) in [5, 5.41) is 19.0. The van der Waals surface area contributed by atoms with Gasteiger partial charge in [-0.05, 0) is 42.0 Å². The summed E-state index contributed by atoms with van der Waals surface area (Å²) in [4.78, 5) is 15.1. The summed E-state index contributed by atoms with van der Waals surface area (Å²) >= 11 is 5.83. The Hall–Kier alpha value is -2.37. The van der Waals surface area contributed by atoms with Crippen LogP contribution in [0.25, 0.3) is 22.6 Å². The van der Waals surface area contributed by atoms with Gasteiger partial charge in [0.2, 0.25) is 5.89 Å². The Morgan fingerprint density at radius 1 is 1.19 bits per heavy atom. The van der Waals surface area contributed by atoms with Crippen LogP contribution >= 0.6 is 11.6 Å². The van der Waals surface area contributed by atoms with Crippen LogP contribution < -0.4 is 0 Å². The van der Waals surface area contributed by atoms with E-state index in [0.717, 1.165) is 5.56 Å². The Kier molecular flexibility index (Phi) is 3.37. The van der Waals surface area contributed by atoms with Gasteiger partial charge in [0.25, 0.3) is 0 Å². The first kappa shape index (κ1) is 13.6. The number of carbonyl (C=O) groups is 1. The van der Waals surface area contributed by atoms with Crippen molar-refractivity contribution in [3.05, 3.63) is 53.1 Å². The van der Waals surface area contributed by atoms with E-state index in [9.17, 15) is 9.90 Å². The summed E-state index contributed by atoms with van der Waals surface area (Å²) in [7, 11) is 0. The van der Waals surface area contributed by atoms with Crippen LogP contribution in [0.2, 0.25) is 5.02 Å². The van der Waals surface area contributed by atoms with Crippen LogP contribution in [0, 0.1) is 0 Å². The number of aromatic nitrogens is 1. The highest BCUT2D eigenvalue weighted by molar-refractivity contribution is 6.30. The summed E-state index contributed by atoms with van der Waals surface area (Å²) in [5.74, 6) is -0.907. The van der Waals surface area contributed by atoms with Crippen molar-refractivity contribution in [1.82, 2.24) is 4.98 Å². The first-order valence-corrected chi connectivity index (χ1v) is 6.50. The molecule has 2 aromatic carbocycles. The minimum Gasteiger partial charge on any atom is -0.479 e. The average molecular weight is 304 g/mol. The molecule has 1 aromatic heterocycles. The second-order valence-corrected chi connectivity index (χ2v) is 4.93. The molecule has 3 rings (SSSR count). The van der Waals surface area contributed by atoms with Crippen molar-refractivity contribution in [1.29, 1.82) is 0 Å². The fourth-order valence-electron chi connectivity index (χ4n) is 1.97. The maximum Gasteiger partial charge on any atom is 0.337 e. The van der Waals surface area contributed by atoms with Crippen LogP contribution in [0.5, 0.6) is 0 Å². The molecule has 0 aliphatic rings. The molecule has 2 N–H and O–H groups in total. The molecule has 1 heterocycles. The fraction of sp³-hybridized carbons (Fsp3) is 0.0667. The molecule has 0 amide bonds. The molecule has 0 fully saturated rings. The minimum absolute atomic E-state index is 0.244. The Balaban J connectivity index is 2.04. The van der Waals surface area contributed by atoms with Crippen molar-refractivity contribution < 1.29 is 19.4 Å². The van der Waals surface area contributed by atoms with Crippen LogP contribution in [0.4, 0.5) is 0 Å². The summed E-state index contributed by atoms with van der Waals surface area (Å²) in [6.45, 7) is 0. The molecule has 0 bridgehead atoms. The zero-order chi connectivity index (χ0) is 15.0. The van der Waals surface area contributed by atoms with E-state index in [-0.39, 0.29) is 5.56 Å². The number of carboxylic acids is 1. The molecular weight excluding hydrogens is 294 g/mol. The van der Waals surface area contributed by atoms with E-state index in [1.165, 1.54) is 12.1 Å². The number of carboxylic acid groups (broad SMARTS) is 1. The number of fused-ring (bicyclic) bond motifs is 1. The van der Waals surface area contributed by atoms with Crippen LogP contribution in [0.3, 0.4) is 0 Å². The van der Waals surface area contributed by atoms with Crippen molar-refractivity contribution in [2.24, 2.45) is 0 Å². The van der Waals surface area contributed by atoms with E-state index >= 15 is 0 Å². The maximum absolute atomic E-state index is 10.8. The van der Waals surface area contributed by atoms with Crippen LogP contribution in [-0.2, 0) is 4.79 Å². The molecule has 0 radical (unpaired) electrons. The summed E-state index contributed by atoms with van der Waals surface area (Å²) < 4.78 is 5.61. The number of aliphatic hydroxyl groups excluding tert-OH is 1. The summed E-state index contributed by atoms with van der Waals surface area (Å²) in [5.41, 5.74) is 2.00. The predicted octanol–water partition coefficient (Wildman–Crippen LogP) is 3.27. The molecule has 1 atom stereocenters. The summed E-state index contributed by atoms with van der Waals surface area (Å²) in [6, 6.07) is 11.6. The van der Waals surface area contributed by atoms with E-state index in [0.29, 0.717) is 22.0 Å². The molecule has 0 spiro atoms. The maximum atomic E-state index is 10.8. The third-order valence-corrected chi connectivity index (χ3v) is 3.31. The first-order valence-electron chi connectivity index (χ1n) is 6.12. The Morgan fingerprint density at radius 2 is 1.90 bits per heavy atom. The molecule has 0 saturated heterocycles. The number of rotatable bonds is 3. The van der Waals surface area contributed by atoms with E-state index in [2.05, 4.69) is 4.98 Å². The van der Waals surface area contributed by atoms with E-state index in [1.807, 2.05) is 0 Å². The lowest BCUT2D eigenvalue weighted by Crippen LogP contribution is -2.09. The Labute approximate surface area is 124 Å². The molecule has 106 valence electrons. The number of hydrogen-bond donors (Lipinski definition) is 2. The molecule has 5 nitrogen and oxygen atoms in total. The highest BCUT2D eigenvalue weighted by Gasteiger charge is 2.17. The van der Waals surface area contributed by atoms with E-state index < -0.39 is 12.1 Å². The van der Waals surface area contributed by atoms with Crippen LogP contribution in [0.1, 0.15) is 11.7 Å². The number of nitrogens with zero attached hydrogens (tertiary/aromatic N) is 1. The third kappa shape index (κ3) is 2.61. The molecule has 3 aromatic rings. The second kappa shape index (κ2) is 5.20. The number of hydrogen-bond acceptors (Lipinski definition) is 4. The number of aliphatic hydroxyl groups is 1. The fourth-order valence-corrected chi connectivity index (χ4v) is 2.10. The van der Waals surface area contributed by atoms with Gasteiger partial charge in [-0.2, -0.15) is 0 Å². The Morgan fingerprint density at radius 3 is 2.57 bits per heavy atom. The van der Waals surface area contributed by atoms with Gasteiger partial charge in [-0.1, -0.05) is 17.7 Å². The molecular formula is C15H10ClNO4. The quantitative estimate of drug-likeness (QED) is 0.776. The second-order valence-electron chi connectivity index (χ2n) is 4.49. The zero-order valence-corrected chi connectivity index (χ0v) is 11.4. The van der Waals surface area contributed by atoms with Crippen molar-refractivity contribution in [3.8, 4) is 11.5 Å². The zero-order valence-electron chi connectivity index (χ0n) is 10.7. The number of oxazole rings is 1. The highest BCUT2D eigenvalue weighted by Crippen LogP contribution is 2.27. The van der Waals surface area contributed by atoms with Gasteiger partial charge in [-0.3, -0.25) is 0 Å². The molecule has 0 aliphatic heterocycles. The predicted molar refractivity (Wildman–Crippen MR) is 77.1 cm³/mol. The lowest BCUT2D eigenvalue weighted by molar-refractivity contribution is -0.146. The van der Waals surface area contributed by atoms with Crippen molar-refractivity contribution >= 4 is 28.7 Å². The van der Waals surface area contributed by atoms with Gasteiger partial charge in [0.15, 0.2) is 11.7 Å². The topological polar surface area (TPSA) is 83.6 Å². The number of benzene rings is 2. The molecule has 0 saturated carbocycles. The average Bonchev–Trinajstić information content (AvgIpc) is 2.89. The SMILES string of the molecule is O=C(O)C(O)c1ccc2nc(-c3ccc(Cl)cc3)oc2c1. The Bertz CT molecular complexity index is 810. The van der Waals surface area contributed by atoms with Crippen LogP contribution in [0.15, 0.2) is 46.9 Å². The number of halogens is 1. The summed E-state index contributed by atoms with van der Waals surface area (Å²) in [6.07, 6.45) is -1.58. The van der Waals surface area contributed by atoms with Gasteiger partial charge in [-0.25, -0.2) is 9.78 Å². The van der Waals surface area contributed by atoms with Crippen molar-refractivity contribution in [2.75, 3.05) is 0 Å². The van der Waals surface area contributed by atoms with E-state index in [4.69, 9.17) is 21.1 Å². The standard InChI is InChI=1S/C15H10ClNO4/c16-10-4-1-8(2-5-10)14-17-11-6-3-9(7-12(11)21-14)13(18)15(19)20/h1-7,13,18H,(H,19,20). The van der Waals surface area contributed by atoms with Gasteiger partial charge in [-0.15, -0.1) is 0 Å². The minimum atomic E-state index is -1.58. The largest absolute Gasteiger partial charge is 0.479 e. The van der Waals surface area contributed by atoms with Crippen molar-refractivity contribution in [3.63, 3.8) is 0 Å². The van der Waals surface area contributed by atoms with Gasteiger partial charge in [0.05, 0.1) is 0 Å². The van der Waals surface area contributed by atoms with Crippen molar-refractivity contribution in [2.45, 2.75) is 6.10 Å². The number of aliphatic carboxylic acids is 1.